The Bertz CT molecular complexity index is 1320. The first-order valence-electron chi connectivity index (χ1n) is 11.2. The fourth-order valence-corrected chi connectivity index (χ4v) is 3.84. The molecule has 5 rings (SSSR count). The van der Waals surface area contributed by atoms with Crippen LogP contribution in [0.5, 0.6) is 0 Å². The van der Waals surface area contributed by atoms with E-state index < -0.39 is 18.2 Å². The molecular formula is C21H25ClN8O8. The first-order valence-corrected chi connectivity index (χ1v) is 11.6. The molecular weight excluding hydrogens is 528 g/mol. The van der Waals surface area contributed by atoms with Gasteiger partial charge in [-0.05, 0) is 37.3 Å². The van der Waals surface area contributed by atoms with Gasteiger partial charge in [0.2, 0.25) is 11.1 Å². The van der Waals surface area contributed by atoms with Gasteiger partial charge in [-0.2, -0.15) is 0 Å². The van der Waals surface area contributed by atoms with Gasteiger partial charge in [-0.1, -0.05) is 0 Å². The van der Waals surface area contributed by atoms with E-state index in [4.69, 9.17) is 62.1 Å². The van der Waals surface area contributed by atoms with Gasteiger partial charge in [-0.15, -0.1) is 0 Å². The van der Waals surface area contributed by atoms with E-state index in [1.54, 1.807) is 6.92 Å². The Hall–Kier alpha value is -4.31. The third kappa shape index (κ3) is 7.36. The molecule has 3 aromatic heterocycles. The third-order valence-corrected chi connectivity index (χ3v) is 5.71. The molecule has 1 aliphatic carbocycles. The minimum Gasteiger partial charge on any atom is -0.450 e. The summed E-state index contributed by atoms with van der Waals surface area (Å²) in [6.07, 6.45) is 0.244. The minimum atomic E-state index is -1.83. The van der Waals surface area contributed by atoms with Crippen molar-refractivity contribution < 1.29 is 39.5 Å². The molecule has 0 aromatic carbocycles. The van der Waals surface area contributed by atoms with Crippen LogP contribution in [-0.4, -0.2) is 94.4 Å². The van der Waals surface area contributed by atoms with Crippen LogP contribution >= 0.6 is 11.6 Å². The highest BCUT2D eigenvalue weighted by molar-refractivity contribution is 6.29. The summed E-state index contributed by atoms with van der Waals surface area (Å²) in [5.74, 6) is 1.07. The number of aryl methyl sites for hydroxylation is 1. The average molecular weight is 553 g/mol. The predicted molar refractivity (Wildman–Crippen MR) is 132 cm³/mol. The van der Waals surface area contributed by atoms with Gasteiger partial charge in [0.1, 0.15) is 0 Å². The number of carboxylic acid groups (broad SMARTS) is 4. The molecule has 2 aliphatic rings. The number of amides is 1. The third-order valence-electron chi connectivity index (χ3n) is 5.42. The molecule has 1 saturated heterocycles. The zero-order valence-electron chi connectivity index (χ0n) is 20.1. The number of fused-ring (bicyclic) bond motifs is 1. The first-order chi connectivity index (χ1) is 18.0. The van der Waals surface area contributed by atoms with Gasteiger partial charge in [-0.3, -0.25) is 9.36 Å². The molecule has 6 N–H and O–H groups in total. The number of carbonyl (C=O) groups is 3. The maximum absolute atomic E-state index is 11.4. The topological polar surface area (TPSA) is 240 Å². The van der Waals surface area contributed by atoms with Gasteiger partial charge in [0.05, 0.1) is 24.5 Å². The second-order valence-electron chi connectivity index (χ2n) is 8.20. The SMILES string of the molecule is Cc1nc(C(N)=O)ncc1-c1nc(N2CCOCC2)c2nc(Cl)n(CC3CC3)c2n1.O=C(O)O.O=C(O)O. The molecule has 0 bridgehead atoms. The van der Waals surface area contributed by atoms with E-state index in [-0.39, 0.29) is 5.82 Å². The number of hydrogen-bond donors (Lipinski definition) is 5. The highest BCUT2D eigenvalue weighted by atomic mass is 35.5. The molecule has 1 aliphatic heterocycles. The monoisotopic (exact) mass is 552 g/mol. The number of anilines is 1. The average Bonchev–Trinajstić information content (AvgIpc) is 3.61. The summed E-state index contributed by atoms with van der Waals surface area (Å²) in [5.41, 5.74) is 7.88. The molecule has 2 fully saturated rings. The van der Waals surface area contributed by atoms with Gasteiger partial charge in [0.15, 0.2) is 22.8 Å². The normalized spacial score (nSPS) is 14.6. The fraction of sp³-hybridized carbons (Fsp3) is 0.429. The zero-order valence-corrected chi connectivity index (χ0v) is 20.9. The molecule has 4 heterocycles. The largest absolute Gasteiger partial charge is 0.503 e. The lowest BCUT2D eigenvalue weighted by Gasteiger charge is -2.28. The Kier molecular flexibility index (Phi) is 9.14. The lowest BCUT2D eigenvalue weighted by Crippen LogP contribution is -2.37. The van der Waals surface area contributed by atoms with Crippen LogP contribution in [0.1, 0.15) is 29.2 Å². The first kappa shape index (κ1) is 28.3. The summed E-state index contributed by atoms with van der Waals surface area (Å²) >= 11 is 6.50. The van der Waals surface area contributed by atoms with Crippen molar-refractivity contribution in [3.05, 3.63) is 23.0 Å². The highest BCUT2D eigenvalue weighted by Crippen LogP contribution is 2.35. The van der Waals surface area contributed by atoms with Crippen LogP contribution in [0, 0.1) is 12.8 Å². The maximum Gasteiger partial charge on any atom is 0.503 e. The Morgan fingerprint density at radius 2 is 1.66 bits per heavy atom. The van der Waals surface area contributed by atoms with Crippen molar-refractivity contribution in [3.63, 3.8) is 0 Å². The van der Waals surface area contributed by atoms with Crippen LogP contribution < -0.4 is 10.6 Å². The lowest BCUT2D eigenvalue weighted by atomic mass is 10.2. The second-order valence-corrected chi connectivity index (χ2v) is 8.54. The van der Waals surface area contributed by atoms with Gasteiger partial charge >= 0.3 is 12.3 Å². The predicted octanol–water partition coefficient (Wildman–Crippen LogP) is 2.04. The van der Waals surface area contributed by atoms with E-state index in [9.17, 15) is 4.79 Å². The number of aromatic nitrogens is 6. The summed E-state index contributed by atoms with van der Waals surface area (Å²) < 4.78 is 7.45. The summed E-state index contributed by atoms with van der Waals surface area (Å²) in [6, 6.07) is 0. The number of imidazole rings is 1. The van der Waals surface area contributed by atoms with Crippen LogP contribution in [0.4, 0.5) is 15.4 Å². The van der Waals surface area contributed by atoms with Crippen molar-refractivity contribution in [2.75, 3.05) is 31.2 Å². The molecule has 38 heavy (non-hydrogen) atoms. The highest BCUT2D eigenvalue weighted by Gasteiger charge is 2.28. The molecule has 0 spiro atoms. The molecule has 16 nitrogen and oxygen atoms in total. The molecule has 204 valence electrons. The van der Waals surface area contributed by atoms with Crippen molar-refractivity contribution in [3.8, 4) is 11.4 Å². The number of ether oxygens (including phenoxy) is 1. The van der Waals surface area contributed by atoms with Crippen molar-refractivity contribution in [1.29, 1.82) is 0 Å². The standard InChI is InChI=1S/C19H21ClN8O2.2CH2O3/c1-10-12(8-22-16(23-10)14(21)29)15-25-17(27-4-6-30-7-5-27)13-18(26-15)28(19(20)24-13)9-11-2-3-11;2*2-1(3)4/h8,11H,2-7,9H2,1H3,(H2,21,29);2*(H2,2,3,4). The number of primary amides is 1. The summed E-state index contributed by atoms with van der Waals surface area (Å²) in [6.45, 7) is 5.20. The van der Waals surface area contributed by atoms with Crippen molar-refractivity contribution in [2.45, 2.75) is 26.3 Å². The Labute approximate surface area is 219 Å². The summed E-state index contributed by atoms with van der Waals surface area (Å²) in [7, 11) is 0. The molecule has 3 aromatic rings. The number of nitrogens with two attached hydrogens (primary N) is 1. The summed E-state index contributed by atoms with van der Waals surface area (Å²) in [5, 5.41) is 28.3. The molecule has 0 unspecified atom stereocenters. The maximum atomic E-state index is 11.4. The van der Waals surface area contributed by atoms with E-state index in [1.807, 2.05) is 4.57 Å². The number of nitrogens with zero attached hydrogens (tertiary/aromatic N) is 7. The molecule has 1 saturated carbocycles. The van der Waals surface area contributed by atoms with Crippen LogP contribution in [0.15, 0.2) is 6.20 Å². The second kappa shape index (κ2) is 12.3. The van der Waals surface area contributed by atoms with Crippen LogP contribution in [0.3, 0.4) is 0 Å². The molecule has 0 atom stereocenters. The van der Waals surface area contributed by atoms with E-state index >= 15 is 0 Å². The van der Waals surface area contributed by atoms with Gasteiger partial charge in [0, 0.05) is 25.8 Å². The summed E-state index contributed by atoms with van der Waals surface area (Å²) in [4.78, 5) is 53.1. The Morgan fingerprint density at radius 3 is 2.18 bits per heavy atom. The number of rotatable bonds is 5. The fourth-order valence-electron chi connectivity index (χ4n) is 3.60. The van der Waals surface area contributed by atoms with Gasteiger partial charge < -0.3 is 35.8 Å². The number of carbonyl (C=O) groups excluding carboxylic acids is 1. The number of hydrogen-bond acceptors (Lipinski definition) is 10. The van der Waals surface area contributed by atoms with Gasteiger partial charge in [-0.25, -0.2) is 34.5 Å². The van der Waals surface area contributed by atoms with Gasteiger partial charge in [0.25, 0.3) is 5.91 Å². The van der Waals surface area contributed by atoms with Crippen molar-refractivity contribution in [2.24, 2.45) is 11.7 Å². The Balaban J connectivity index is 0.000000443. The van der Waals surface area contributed by atoms with Crippen LogP contribution in [0.2, 0.25) is 5.28 Å². The van der Waals surface area contributed by atoms with E-state index in [0.29, 0.717) is 71.6 Å². The smallest absolute Gasteiger partial charge is 0.450 e. The van der Waals surface area contributed by atoms with E-state index in [0.717, 1.165) is 6.54 Å². The van der Waals surface area contributed by atoms with E-state index in [1.165, 1.54) is 19.0 Å². The molecule has 0 radical (unpaired) electrons. The molecule has 1 amide bonds. The van der Waals surface area contributed by atoms with Crippen molar-refractivity contribution in [1.82, 2.24) is 29.5 Å². The minimum absolute atomic E-state index is 0.0347. The molecule has 17 heteroatoms. The quantitative estimate of drug-likeness (QED) is 0.284. The zero-order chi connectivity index (χ0) is 28.0. The number of morpholine rings is 1. The lowest BCUT2D eigenvalue weighted by molar-refractivity contribution is 0.0989. The number of halogens is 1. The Morgan fingerprint density at radius 1 is 1.05 bits per heavy atom. The van der Waals surface area contributed by atoms with Crippen LogP contribution in [-0.2, 0) is 11.3 Å². The van der Waals surface area contributed by atoms with E-state index in [2.05, 4.69) is 19.9 Å². The van der Waals surface area contributed by atoms with Crippen molar-refractivity contribution >= 4 is 46.8 Å². The van der Waals surface area contributed by atoms with Crippen LogP contribution in [0.25, 0.3) is 22.6 Å².